The van der Waals surface area contributed by atoms with Crippen LogP contribution < -0.4 is 16.2 Å². The van der Waals surface area contributed by atoms with Crippen molar-refractivity contribution >= 4 is 17.5 Å². The Morgan fingerprint density at radius 1 is 1.11 bits per heavy atom. The lowest BCUT2D eigenvalue weighted by molar-refractivity contribution is -0.274. The predicted molar refractivity (Wildman–Crippen MR) is 95.9 cm³/mol. The number of fused-ring (bicyclic) bond motifs is 1. The maximum atomic E-state index is 12.2. The van der Waals surface area contributed by atoms with E-state index >= 15 is 0 Å². The number of nitrogens with zero attached hydrogens (tertiary/aromatic N) is 2. The number of aliphatic imine (C=N–C) groups is 1. The van der Waals surface area contributed by atoms with Crippen LogP contribution in [0.15, 0.2) is 53.5 Å². The second kappa shape index (κ2) is 7.18. The van der Waals surface area contributed by atoms with Crippen molar-refractivity contribution in [3.8, 4) is 5.75 Å². The lowest BCUT2D eigenvalue weighted by Gasteiger charge is -2.37. The number of guanidine groups is 1. The Morgan fingerprint density at radius 3 is 2.41 bits per heavy atom. The summed E-state index contributed by atoms with van der Waals surface area (Å²) in [6.07, 6.45) is -4.03. The minimum Gasteiger partial charge on any atom is -0.406 e. The number of alkyl halides is 3. The summed E-state index contributed by atoms with van der Waals surface area (Å²) in [5, 5.41) is 7.82. The van der Waals surface area contributed by atoms with Crippen LogP contribution in [0, 0.1) is 5.41 Å². The van der Waals surface area contributed by atoms with Gasteiger partial charge in [0.15, 0.2) is 5.96 Å². The first kappa shape index (κ1) is 18.6. The van der Waals surface area contributed by atoms with Crippen molar-refractivity contribution in [2.45, 2.75) is 18.8 Å². The molecule has 1 aliphatic rings. The molecule has 1 heterocycles. The minimum atomic E-state index is -4.75. The van der Waals surface area contributed by atoms with E-state index in [1.807, 2.05) is 24.3 Å². The molecule has 0 radical (unpaired) electrons. The summed E-state index contributed by atoms with van der Waals surface area (Å²) in [5.74, 6) is -0.267. The first-order chi connectivity index (χ1) is 12.7. The summed E-state index contributed by atoms with van der Waals surface area (Å²) in [4.78, 5) is 5.96. The number of hydrogen-bond acceptors (Lipinski definition) is 3. The van der Waals surface area contributed by atoms with Gasteiger partial charge in [0.05, 0.1) is 5.69 Å². The van der Waals surface area contributed by atoms with Crippen molar-refractivity contribution in [1.82, 2.24) is 4.90 Å². The van der Waals surface area contributed by atoms with E-state index in [0.717, 1.165) is 29.7 Å². The van der Waals surface area contributed by atoms with Gasteiger partial charge in [0.2, 0.25) is 0 Å². The topological polar surface area (TPSA) is 101 Å². The minimum absolute atomic E-state index is 0.124. The van der Waals surface area contributed by atoms with Gasteiger partial charge in [-0.15, -0.1) is 13.2 Å². The summed E-state index contributed by atoms with van der Waals surface area (Å²) < 4.78 is 40.6. The monoisotopic (exact) mass is 377 g/mol. The van der Waals surface area contributed by atoms with Crippen LogP contribution in [0.1, 0.15) is 17.2 Å². The van der Waals surface area contributed by atoms with Crippen LogP contribution in [0.5, 0.6) is 5.75 Å². The summed E-state index contributed by atoms with van der Waals surface area (Å²) in [6, 6.07) is 12.2. The maximum absolute atomic E-state index is 12.2. The van der Waals surface area contributed by atoms with Gasteiger partial charge in [-0.25, -0.2) is 4.99 Å². The molecule has 0 aromatic heterocycles. The molecule has 0 saturated heterocycles. The van der Waals surface area contributed by atoms with Crippen molar-refractivity contribution in [3.63, 3.8) is 0 Å². The quantitative estimate of drug-likeness (QED) is 0.565. The van der Waals surface area contributed by atoms with Gasteiger partial charge >= 0.3 is 6.36 Å². The Labute approximate surface area is 153 Å². The summed E-state index contributed by atoms with van der Waals surface area (Å²) in [6.45, 7) is 0.519. The van der Waals surface area contributed by atoms with Crippen molar-refractivity contribution < 1.29 is 17.9 Å². The van der Waals surface area contributed by atoms with E-state index in [4.69, 9.17) is 16.9 Å². The summed E-state index contributed by atoms with van der Waals surface area (Å²) in [5.41, 5.74) is 14.3. The second-order valence-corrected chi connectivity index (χ2v) is 6.01. The SMILES string of the molecule is N=C(N)N1CCc2ccccc2C1C(N)=Nc1ccc(OC(F)(F)F)cc1. The van der Waals surface area contributed by atoms with Crippen LogP contribution in [0.25, 0.3) is 0 Å². The first-order valence-corrected chi connectivity index (χ1v) is 8.13. The molecular weight excluding hydrogens is 359 g/mol. The Kier molecular flexibility index (Phi) is 4.93. The second-order valence-electron chi connectivity index (χ2n) is 6.01. The number of halogens is 3. The Bertz CT molecular complexity index is 864. The average molecular weight is 377 g/mol. The number of amidine groups is 1. The van der Waals surface area contributed by atoms with Crippen molar-refractivity contribution in [2.24, 2.45) is 16.5 Å². The molecule has 1 aliphatic heterocycles. The molecule has 1 unspecified atom stereocenters. The molecule has 9 heteroatoms. The number of rotatable bonds is 3. The molecule has 3 rings (SSSR count). The zero-order valence-corrected chi connectivity index (χ0v) is 14.2. The third-order valence-corrected chi connectivity index (χ3v) is 4.20. The molecule has 0 amide bonds. The Balaban J connectivity index is 1.90. The summed E-state index contributed by atoms with van der Waals surface area (Å²) in [7, 11) is 0. The molecule has 2 aromatic rings. The molecule has 6 nitrogen and oxygen atoms in total. The zero-order chi connectivity index (χ0) is 19.6. The van der Waals surface area contributed by atoms with Gasteiger partial charge in [-0.2, -0.15) is 0 Å². The molecule has 0 bridgehead atoms. The fourth-order valence-corrected chi connectivity index (χ4v) is 3.08. The fraction of sp³-hybridized carbons (Fsp3) is 0.222. The molecular formula is C18H18F3N5O. The molecule has 0 aliphatic carbocycles. The van der Waals surface area contributed by atoms with E-state index in [9.17, 15) is 13.2 Å². The number of benzene rings is 2. The average Bonchev–Trinajstić information content (AvgIpc) is 2.61. The highest BCUT2D eigenvalue weighted by Gasteiger charge is 2.32. The van der Waals surface area contributed by atoms with E-state index in [-0.39, 0.29) is 17.5 Å². The lowest BCUT2D eigenvalue weighted by Crippen LogP contribution is -2.48. The molecule has 1 atom stereocenters. The Hall–Kier alpha value is -3.23. The number of hydrogen-bond donors (Lipinski definition) is 3. The van der Waals surface area contributed by atoms with Crippen molar-refractivity contribution in [3.05, 3.63) is 59.7 Å². The van der Waals surface area contributed by atoms with Gasteiger partial charge in [0, 0.05) is 6.54 Å². The first-order valence-electron chi connectivity index (χ1n) is 8.13. The zero-order valence-electron chi connectivity index (χ0n) is 14.2. The van der Waals surface area contributed by atoms with Crippen LogP contribution in [-0.2, 0) is 6.42 Å². The van der Waals surface area contributed by atoms with Gasteiger partial charge in [0.1, 0.15) is 17.6 Å². The molecule has 0 spiro atoms. The summed E-state index contributed by atoms with van der Waals surface area (Å²) >= 11 is 0. The lowest BCUT2D eigenvalue weighted by atomic mass is 9.92. The highest BCUT2D eigenvalue weighted by Crippen LogP contribution is 2.31. The third-order valence-electron chi connectivity index (χ3n) is 4.20. The van der Waals surface area contributed by atoms with E-state index in [1.165, 1.54) is 12.1 Å². The van der Waals surface area contributed by atoms with Gasteiger partial charge in [-0.1, -0.05) is 24.3 Å². The smallest absolute Gasteiger partial charge is 0.406 e. The van der Waals surface area contributed by atoms with Crippen molar-refractivity contribution in [1.29, 1.82) is 5.41 Å². The molecule has 142 valence electrons. The van der Waals surface area contributed by atoms with Crippen LogP contribution in [0.4, 0.5) is 18.9 Å². The standard InChI is InChI=1S/C18H18F3N5O/c19-18(20,21)27-13-7-5-12(6-8-13)25-16(22)15-14-4-2-1-3-11(14)9-10-26(15)17(23)24/h1-8,15H,9-10H2,(H2,22,25)(H3,23,24). The van der Waals surface area contributed by atoms with Gasteiger partial charge in [0.25, 0.3) is 0 Å². The van der Waals surface area contributed by atoms with Crippen LogP contribution >= 0.6 is 0 Å². The highest BCUT2D eigenvalue weighted by molar-refractivity contribution is 5.93. The maximum Gasteiger partial charge on any atom is 0.573 e. The Morgan fingerprint density at radius 2 is 1.78 bits per heavy atom. The van der Waals surface area contributed by atoms with Crippen LogP contribution in [0.2, 0.25) is 0 Å². The van der Waals surface area contributed by atoms with Gasteiger partial charge in [-0.3, -0.25) is 5.41 Å². The number of ether oxygens (including phenoxy) is 1. The van der Waals surface area contributed by atoms with Crippen LogP contribution in [-0.4, -0.2) is 29.6 Å². The number of nitrogens with two attached hydrogens (primary N) is 2. The number of nitrogens with one attached hydrogen (secondary N) is 1. The highest BCUT2D eigenvalue weighted by atomic mass is 19.4. The van der Waals surface area contributed by atoms with E-state index in [1.54, 1.807) is 4.90 Å². The molecule has 2 aromatic carbocycles. The van der Waals surface area contributed by atoms with E-state index < -0.39 is 12.4 Å². The largest absolute Gasteiger partial charge is 0.573 e. The van der Waals surface area contributed by atoms with Gasteiger partial charge in [-0.05, 0) is 41.8 Å². The van der Waals surface area contributed by atoms with E-state index in [2.05, 4.69) is 9.73 Å². The molecule has 27 heavy (non-hydrogen) atoms. The predicted octanol–water partition coefficient (Wildman–Crippen LogP) is 3.07. The van der Waals surface area contributed by atoms with Crippen LogP contribution in [0.3, 0.4) is 0 Å². The normalized spacial score (nSPS) is 17.4. The third kappa shape index (κ3) is 4.30. The van der Waals surface area contributed by atoms with Crippen molar-refractivity contribution in [2.75, 3.05) is 6.54 Å². The molecule has 5 N–H and O–H groups in total. The fourth-order valence-electron chi connectivity index (χ4n) is 3.08. The van der Waals surface area contributed by atoms with E-state index in [0.29, 0.717) is 12.2 Å². The molecule has 0 saturated carbocycles. The molecule has 0 fully saturated rings. The van der Waals surface area contributed by atoms with Gasteiger partial charge < -0.3 is 21.1 Å².